The molecule has 1 heteroatoms. The molecule has 1 aliphatic carbocycles. The molecule has 1 aliphatic rings. The molecule has 2 aromatic carbocycles. The van der Waals surface area contributed by atoms with Crippen LogP contribution in [-0.2, 0) is 7.05 Å². The largest absolute Gasteiger partial charge is 0.220 e. The first-order valence-electron chi connectivity index (χ1n) is 9.14. The van der Waals surface area contributed by atoms with Crippen molar-refractivity contribution in [1.82, 2.24) is 0 Å². The molecule has 1 saturated carbocycles. The molecule has 0 aliphatic heterocycles. The molecule has 122 valence electrons. The summed E-state index contributed by atoms with van der Waals surface area (Å²) in [5.41, 5.74) is 6.89. The zero-order valence-electron chi connectivity index (χ0n) is 15.0. The Hall–Kier alpha value is -2.15. The summed E-state index contributed by atoms with van der Waals surface area (Å²) in [6, 6.07) is 15.9. The maximum absolute atomic E-state index is 2.46. The lowest BCUT2D eigenvalue weighted by atomic mass is 9.92. The summed E-state index contributed by atoms with van der Waals surface area (Å²) >= 11 is 0. The Bertz CT molecular complexity index is 901. The number of hydrogen-bond acceptors (Lipinski definition) is 0. The number of hydrogen-bond donors (Lipinski definition) is 0. The molecular formula is C23H26N+. The summed E-state index contributed by atoms with van der Waals surface area (Å²) in [5, 5.41) is 2.78. The van der Waals surface area contributed by atoms with Crippen molar-refractivity contribution in [3.63, 3.8) is 0 Å². The summed E-state index contributed by atoms with van der Waals surface area (Å²) in [5.74, 6) is 0.768. The molecular weight excluding hydrogens is 290 g/mol. The van der Waals surface area contributed by atoms with E-state index in [1.807, 2.05) is 0 Å². The smallest absolute Gasteiger partial charge is 0.200 e. The fourth-order valence-electron chi connectivity index (χ4n) is 4.40. The number of rotatable bonds is 2. The molecule has 3 aromatic rings. The minimum absolute atomic E-state index is 0.768. The van der Waals surface area contributed by atoms with Gasteiger partial charge >= 0.3 is 0 Å². The summed E-state index contributed by atoms with van der Waals surface area (Å²) in [4.78, 5) is 0. The van der Waals surface area contributed by atoms with Crippen LogP contribution in [0.4, 0.5) is 0 Å². The maximum atomic E-state index is 2.46. The van der Waals surface area contributed by atoms with E-state index in [2.05, 4.69) is 74.1 Å². The van der Waals surface area contributed by atoms with Crippen molar-refractivity contribution in [1.29, 1.82) is 0 Å². The van der Waals surface area contributed by atoms with E-state index in [1.54, 1.807) is 0 Å². The SMILES string of the molecule is Cc1ccccc1-c1c2ccc(C3CCCC3)cc2c(C)c[n+]1C. The number of fused-ring (bicyclic) bond motifs is 1. The number of aromatic nitrogens is 1. The summed E-state index contributed by atoms with van der Waals surface area (Å²) in [7, 11) is 2.17. The predicted molar refractivity (Wildman–Crippen MR) is 101 cm³/mol. The second-order valence-electron chi connectivity index (χ2n) is 7.37. The number of aryl methyl sites for hydroxylation is 3. The van der Waals surface area contributed by atoms with Crippen LogP contribution in [-0.4, -0.2) is 0 Å². The molecule has 1 aromatic heterocycles. The van der Waals surface area contributed by atoms with Crippen molar-refractivity contribution in [3.05, 3.63) is 65.4 Å². The van der Waals surface area contributed by atoms with Crippen LogP contribution in [0.15, 0.2) is 48.7 Å². The Kier molecular flexibility index (Phi) is 3.88. The van der Waals surface area contributed by atoms with E-state index >= 15 is 0 Å². The van der Waals surface area contributed by atoms with Crippen LogP contribution in [0.1, 0.15) is 48.3 Å². The molecule has 4 rings (SSSR count). The van der Waals surface area contributed by atoms with Crippen LogP contribution in [0.2, 0.25) is 0 Å². The lowest BCUT2D eigenvalue weighted by molar-refractivity contribution is -0.659. The highest BCUT2D eigenvalue weighted by molar-refractivity contribution is 5.95. The minimum Gasteiger partial charge on any atom is -0.200 e. The lowest BCUT2D eigenvalue weighted by Crippen LogP contribution is -2.31. The summed E-state index contributed by atoms with van der Waals surface area (Å²) in [6.45, 7) is 4.44. The molecule has 0 spiro atoms. The van der Waals surface area contributed by atoms with Crippen molar-refractivity contribution in [3.8, 4) is 11.3 Å². The molecule has 0 atom stereocenters. The number of pyridine rings is 1. The van der Waals surface area contributed by atoms with Gasteiger partial charge in [-0.1, -0.05) is 43.2 Å². The van der Waals surface area contributed by atoms with Crippen molar-refractivity contribution in [2.45, 2.75) is 45.4 Å². The second-order valence-corrected chi connectivity index (χ2v) is 7.37. The van der Waals surface area contributed by atoms with Gasteiger partial charge in [-0.05, 0) is 61.3 Å². The number of benzene rings is 2. The highest BCUT2D eigenvalue weighted by Gasteiger charge is 2.21. The van der Waals surface area contributed by atoms with Crippen LogP contribution in [0.3, 0.4) is 0 Å². The van der Waals surface area contributed by atoms with Crippen LogP contribution in [0, 0.1) is 13.8 Å². The van der Waals surface area contributed by atoms with Crippen LogP contribution in [0.5, 0.6) is 0 Å². The third kappa shape index (κ3) is 2.53. The molecule has 1 heterocycles. The van der Waals surface area contributed by atoms with E-state index in [1.165, 1.54) is 64.4 Å². The predicted octanol–water partition coefficient (Wildman–Crippen LogP) is 5.61. The first-order valence-corrected chi connectivity index (χ1v) is 9.14. The van der Waals surface area contributed by atoms with E-state index < -0.39 is 0 Å². The van der Waals surface area contributed by atoms with E-state index in [4.69, 9.17) is 0 Å². The Balaban J connectivity index is 1.96. The minimum atomic E-state index is 0.768. The second kappa shape index (κ2) is 6.05. The Morgan fingerprint density at radius 1 is 0.875 bits per heavy atom. The molecule has 0 unspecified atom stereocenters. The summed E-state index contributed by atoms with van der Waals surface area (Å²) in [6.07, 6.45) is 7.77. The molecule has 24 heavy (non-hydrogen) atoms. The zero-order valence-corrected chi connectivity index (χ0v) is 15.0. The maximum Gasteiger partial charge on any atom is 0.220 e. The van der Waals surface area contributed by atoms with E-state index in [0.29, 0.717) is 0 Å². The van der Waals surface area contributed by atoms with Crippen LogP contribution >= 0.6 is 0 Å². The van der Waals surface area contributed by atoms with E-state index in [9.17, 15) is 0 Å². The quantitative estimate of drug-likeness (QED) is 0.541. The van der Waals surface area contributed by atoms with Gasteiger partial charge < -0.3 is 0 Å². The highest BCUT2D eigenvalue weighted by atomic mass is 14.9. The first-order chi connectivity index (χ1) is 11.6. The van der Waals surface area contributed by atoms with Crippen molar-refractivity contribution < 1.29 is 4.57 Å². The summed E-state index contributed by atoms with van der Waals surface area (Å²) < 4.78 is 2.29. The van der Waals surface area contributed by atoms with Gasteiger partial charge in [-0.3, -0.25) is 0 Å². The van der Waals surface area contributed by atoms with Gasteiger partial charge in [0.25, 0.3) is 0 Å². The molecule has 0 N–H and O–H groups in total. The van der Waals surface area contributed by atoms with Gasteiger partial charge in [0.15, 0.2) is 6.20 Å². The van der Waals surface area contributed by atoms with E-state index in [-0.39, 0.29) is 0 Å². The fraction of sp³-hybridized carbons (Fsp3) is 0.348. The molecule has 1 nitrogen and oxygen atoms in total. The van der Waals surface area contributed by atoms with Crippen LogP contribution < -0.4 is 4.57 Å². The van der Waals surface area contributed by atoms with Gasteiger partial charge in [-0.15, -0.1) is 0 Å². The zero-order chi connectivity index (χ0) is 16.7. The topological polar surface area (TPSA) is 3.88 Å². The molecule has 0 bridgehead atoms. The van der Waals surface area contributed by atoms with Gasteiger partial charge in [0.2, 0.25) is 5.69 Å². The Morgan fingerprint density at radius 2 is 1.62 bits per heavy atom. The van der Waals surface area contributed by atoms with Gasteiger partial charge in [-0.25, -0.2) is 4.57 Å². The Labute approximate surface area is 145 Å². The first kappa shape index (κ1) is 15.4. The van der Waals surface area contributed by atoms with Crippen molar-refractivity contribution in [2.75, 3.05) is 0 Å². The van der Waals surface area contributed by atoms with Gasteiger partial charge in [-0.2, -0.15) is 0 Å². The van der Waals surface area contributed by atoms with Crippen molar-refractivity contribution in [2.24, 2.45) is 7.05 Å². The number of nitrogens with zero attached hydrogens (tertiary/aromatic N) is 1. The van der Waals surface area contributed by atoms with Gasteiger partial charge in [0.1, 0.15) is 7.05 Å². The van der Waals surface area contributed by atoms with E-state index in [0.717, 1.165) is 5.92 Å². The molecule has 1 fully saturated rings. The third-order valence-corrected chi connectivity index (χ3v) is 5.69. The average Bonchev–Trinajstić information content (AvgIpc) is 3.11. The third-order valence-electron chi connectivity index (χ3n) is 5.69. The van der Waals surface area contributed by atoms with Crippen molar-refractivity contribution >= 4 is 10.8 Å². The van der Waals surface area contributed by atoms with Crippen LogP contribution in [0.25, 0.3) is 22.0 Å². The molecule has 0 radical (unpaired) electrons. The van der Waals surface area contributed by atoms with Gasteiger partial charge in [0.05, 0.1) is 5.39 Å². The average molecular weight is 316 g/mol. The monoisotopic (exact) mass is 316 g/mol. The highest BCUT2D eigenvalue weighted by Crippen LogP contribution is 2.37. The molecule has 0 saturated heterocycles. The molecule has 0 amide bonds. The Morgan fingerprint density at radius 3 is 2.38 bits per heavy atom. The lowest BCUT2D eigenvalue weighted by Gasteiger charge is -2.14. The normalized spacial score (nSPS) is 15.3. The fourth-order valence-corrected chi connectivity index (χ4v) is 4.40. The van der Waals surface area contributed by atoms with Gasteiger partial charge in [0, 0.05) is 11.1 Å². The standard InChI is InChI=1S/C23H26N/c1-16-8-4-7-11-20(16)23-21-13-12-19(18-9-5-6-10-18)14-22(21)17(2)15-24(23)3/h4,7-8,11-15,18H,5-6,9-10H2,1-3H3/q+1.